The first-order valence-corrected chi connectivity index (χ1v) is 8.39. The van der Waals surface area contributed by atoms with Crippen LogP contribution in [0, 0.1) is 5.92 Å². The number of hydrogen-bond donors (Lipinski definition) is 1. The minimum Gasteiger partial charge on any atom is -0.481 e. The number of carboxylic acid groups (broad SMARTS) is 1. The fraction of sp³-hybridized carbons (Fsp3) is 0.571. The molecule has 1 aliphatic rings. The van der Waals surface area contributed by atoms with Gasteiger partial charge < -0.3 is 10.0 Å². The van der Waals surface area contributed by atoms with Gasteiger partial charge in [0.15, 0.2) is 0 Å². The van der Waals surface area contributed by atoms with Gasteiger partial charge in [0.25, 0.3) is 0 Å². The van der Waals surface area contributed by atoms with E-state index >= 15 is 0 Å². The molecule has 20 heavy (non-hydrogen) atoms. The Balaban J connectivity index is 1.84. The van der Waals surface area contributed by atoms with E-state index < -0.39 is 5.97 Å². The van der Waals surface area contributed by atoms with Crippen molar-refractivity contribution in [3.8, 4) is 0 Å². The number of halogens is 1. The van der Waals surface area contributed by atoms with Crippen LogP contribution >= 0.6 is 27.3 Å². The van der Waals surface area contributed by atoms with E-state index in [0.29, 0.717) is 25.3 Å². The van der Waals surface area contributed by atoms with Crippen molar-refractivity contribution < 1.29 is 14.7 Å². The number of carbonyl (C=O) groups is 2. The number of rotatable bonds is 5. The molecule has 1 aromatic rings. The van der Waals surface area contributed by atoms with Crippen LogP contribution in [0.1, 0.15) is 30.6 Å². The smallest absolute Gasteiger partial charge is 0.303 e. The van der Waals surface area contributed by atoms with Crippen LogP contribution in [0.3, 0.4) is 0 Å². The monoisotopic (exact) mass is 359 g/mol. The molecule has 1 aliphatic heterocycles. The van der Waals surface area contributed by atoms with Crippen LogP contribution in [0.2, 0.25) is 0 Å². The Hall–Kier alpha value is -0.880. The Bertz CT molecular complexity index is 489. The summed E-state index contributed by atoms with van der Waals surface area (Å²) < 4.78 is 1.04. The molecule has 110 valence electrons. The standard InChI is InChI=1S/C14H18BrNO3S/c15-12-5-4-11(20-12)8-13(17)16-7-1-2-10(9-16)3-6-14(18)19/h4-5,10H,1-3,6-9H2,(H,18,19)/t10-/m1/s1. The number of likely N-dealkylation sites (tertiary alicyclic amines) is 1. The summed E-state index contributed by atoms with van der Waals surface area (Å²) in [5, 5.41) is 8.73. The summed E-state index contributed by atoms with van der Waals surface area (Å²) in [6, 6.07) is 3.93. The van der Waals surface area contributed by atoms with Gasteiger partial charge in [0.1, 0.15) is 0 Å². The molecule has 1 fully saturated rings. The summed E-state index contributed by atoms with van der Waals surface area (Å²) in [5.41, 5.74) is 0. The van der Waals surface area contributed by atoms with Crippen molar-refractivity contribution in [2.45, 2.75) is 32.1 Å². The summed E-state index contributed by atoms with van der Waals surface area (Å²) in [7, 11) is 0. The molecule has 2 rings (SSSR count). The average molecular weight is 360 g/mol. The first kappa shape index (κ1) is 15.5. The van der Waals surface area contributed by atoms with Crippen LogP contribution in [-0.4, -0.2) is 35.0 Å². The van der Waals surface area contributed by atoms with Gasteiger partial charge in [-0.25, -0.2) is 0 Å². The van der Waals surface area contributed by atoms with E-state index in [9.17, 15) is 9.59 Å². The SMILES string of the molecule is O=C(O)CC[C@H]1CCCN(C(=O)Cc2ccc(Br)s2)C1. The van der Waals surface area contributed by atoms with E-state index in [0.717, 1.165) is 28.0 Å². The summed E-state index contributed by atoms with van der Waals surface area (Å²) >= 11 is 4.99. The first-order chi connectivity index (χ1) is 9.54. The highest BCUT2D eigenvalue weighted by molar-refractivity contribution is 9.11. The second-order valence-electron chi connectivity index (χ2n) is 5.16. The summed E-state index contributed by atoms with van der Waals surface area (Å²) in [6.45, 7) is 1.51. The summed E-state index contributed by atoms with van der Waals surface area (Å²) in [5.74, 6) is -0.268. The lowest BCUT2D eigenvalue weighted by Crippen LogP contribution is -2.40. The summed E-state index contributed by atoms with van der Waals surface area (Å²) in [6.07, 6.45) is 3.32. The fourth-order valence-electron chi connectivity index (χ4n) is 2.56. The van der Waals surface area contributed by atoms with Crippen molar-refractivity contribution in [2.75, 3.05) is 13.1 Å². The number of thiophene rings is 1. The average Bonchev–Trinajstić information content (AvgIpc) is 2.82. The molecule has 0 aliphatic carbocycles. The molecule has 1 amide bonds. The maximum atomic E-state index is 12.3. The first-order valence-electron chi connectivity index (χ1n) is 6.78. The van der Waals surface area contributed by atoms with Crippen molar-refractivity contribution >= 4 is 39.1 Å². The van der Waals surface area contributed by atoms with E-state index in [4.69, 9.17) is 5.11 Å². The van der Waals surface area contributed by atoms with Gasteiger partial charge in [0.2, 0.25) is 5.91 Å². The number of amides is 1. The van der Waals surface area contributed by atoms with Crippen LogP contribution < -0.4 is 0 Å². The molecule has 0 spiro atoms. The van der Waals surface area contributed by atoms with Gasteiger partial charge in [-0.15, -0.1) is 11.3 Å². The van der Waals surface area contributed by atoms with Crippen LogP contribution in [0.4, 0.5) is 0 Å². The molecule has 0 unspecified atom stereocenters. The molecule has 1 atom stereocenters. The number of aliphatic carboxylic acids is 1. The Morgan fingerprint density at radius 3 is 2.90 bits per heavy atom. The maximum Gasteiger partial charge on any atom is 0.303 e. The number of carbonyl (C=O) groups excluding carboxylic acids is 1. The molecule has 0 bridgehead atoms. The van der Waals surface area contributed by atoms with Gasteiger partial charge in [-0.05, 0) is 53.2 Å². The molecule has 0 radical (unpaired) electrons. The van der Waals surface area contributed by atoms with Crippen LogP contribution in [0.15, 0.2) is 15.9 Å². The molecular weight excluding hydrogens is 342 g/mol. The molecule has 0 saturated carbocycles. The number of piperidine rings is 1. The molecule has 0 aromatic carbocycles. The topological polar surface area (TPSA) is 57.6 Å². The second-order valence-corrected chi connectivity index (χ2v) is 7.71. The predicted molar refractivity (Wildman–Crippen MR) is 81.9 cm³/mol. The Morgan fingerprint density at radius 2 is 2.25 bits per heavy atom. The highest BCUT2D eigenvalue weighted by Gasteiger charge is 2.24. The zero-order valence-corrected chi connectivity index (χ0v) is 13.6. The van der Waals surface area contributed by atoms with Gasteiger partial charge in [-0.1, -0.05) is 0 Å². The van der Waals surface area contributed by atoms with E-state index in [1.165, 1.54) is 0 Å². The minimum absolute atomic E-state index is 0.152. The van der Waals surface area contributed by atoms with Gasteiger partial charge >= 0.3 is 5.97 Å². The van der Waals surface area contributed by atoms with Gasteiger partial charge in [-0.2, -0.15) is 0 Å². The largest absolute Gasteiger partial charge is 0.481 e. The molecule has 1 saturated heterocycles. The molecule has 2 heterocycles. The fourth-order valence-corrected chi connectivity index (χ4v) is 4.04. The highest BCUT2D eigenvalue weighted by Crippen LogP contribution is 2.25. The van der Waals surface area contributed by atoms with Crippen molar-refractivity contribution in [1.82, 2.24) is 4.90 Å². The Labute approximate surface area is 130 Å². The van der Waals surface area contributed by atoms with Crippen molar-refractivity contribution in [1.29, 1.82) is 0 Å². The Kier molecular flexibility index (Phi) is 5.60. The third kappa shape index (κ3) is 4.59. The van der Waals surface area contributed by atoms with Gasteiger partial charge in [-0.3, -0.25) is 9.59 Å². The van der Waals surface area contributed by atoms with Gasteiger partial charge in [0.05, 0.1) is 10.2 Å². The zero-order chi connectivity index (χ0) is 14.5. The zero-order valence-electron chi connectivity index (χ0n) is 11.2. The molecule has 1 aromatic heterocycles. The number of nitrogens with zero attached hydrogens (tertiary/aromatic N) is 1. The second kappa shape index (κ2) is 7.22. The van der Waals surface area contributed by atoms with Crippen molar-refractivity contribution in [3.05, 3.63) is 20.8 Å². The number of carboxylic acids is 1. The lowest BCUT2D eigenvalue weighted by molar-refractivity contribution is -0.137. The van der Waals surface area contributed by atoms with E-state index in [2.05, 4.69) is 15.9 Å². The normalized spacial score (nSPS) is 19.1. The third-order valence-corrected chi connectivity index (χ3v) is 5.22. The lowest BCUT2D eigenvalue weighted by Gasteiger charge is -2.32. The lowest BCUT2D eigenvalue weighted by atomic mass is 9.93. The Morgan fingerprint density at radius 1 is 1.45 bits per heavy atom. The van der Waals surface area contributed by atoms with Crippen molar-refractivity contribution in [3.63, 3.8) is 0 Å². The molecular formula is C14H18BrNO3S. The molecule has 1 N–H and O–H groups in total. The van der Waals surface area contributed by atoms with E-state index in [1.54, 1.807) is 11.3 Å². The maximum absolute atomic E-state index is 12.3. The van der Waals surface area contributed by atoms with E-state index in [1.807, 2.05) is 17.0 Å². The van der Waals surface area contributed by atoms with E-state index in [-0.39, 0.29) is 12.3 Å². The highest BCUT2D eigenvalue weighted by atomic mass is 79.9. The predicted octanol–water partition coefficient (Wildman–Crippen LogP) is 3.16. The summed E-state index contributed by atoms with van der Waals surface area (Å²) in [4.78, 5) is 25.8. The number of hydrogen-bond acceptors (Lipinski definition) is 3. The minimum atomic E-state index is -0.753. The molecule has 6 heteroatoms. The van der Waals surface area contributed by atoms with Gasteiger partial charge in [0, 0.05) is 24.4 Å². The third-order valence-electron chi connectivity index (χ3n) is 3.59. The van der Waals surface area contributed by atoms with Crippen molar-refractivity contribution in [2.24, 2.45) is 5.92 Å². The quantitative estimate of drug-likeness (QED) is 0.878. The van der Waals surface area contributed by atoms with Crippen LogP contribution in [0.25, 0.3) is 0 Å². The molecule has 4 nitrogen and oxygen atoms in total. The van der Waals surface area contributed by atoms with Crippen LogP contribution in [0.5, 0.6) is 0 Å². The van der Waals surface area contributed by atoms with Crippen LogP contribution in [-0.2, 0) is 16.0 Å².